The fourth-order valence-corrected chi connectivity index (χ4v) is 8.97. The molecule has 4 atom stereocenters. The number of hydrogen-bond donors (Lipinski definition) is 4. The number of para-hydroxylation sites is 2. The van der Waals surface area contributed by atoms with Crippen molar-refractivity contribution in [1.82, 2.24) is 10.6 Å². The van der Waals surface area contributed by atoms with Gasteiger partial charge in [0.25, 0.3) is 0 Å². The van der Waals surface area contributed by atoms with Crippen LogP contribution >= 0.6 is 0 Å². The zero-order valence-electron chi connectivity index (χ0n) is 31.9. The van der Waals surface area contributed by atoms with E-state index < -0.39 is 0 Å². The van der Waals surface area contributed by atoms with E-state index in [2.05, 4.69) is 228 Å². The first-order chi connectivity index (χ1) is 28.7. The van der Waals surface area contributed by atoms with E-state index in [1.165, 1.54) is 77.2 Å². The predicted molar refractivity (Wildman–Crippen MR) is 241 cm³/mol. The Kier molecular flexibility index (Phi) is 8.58. The van der Waals surface area contributed by atoms with E-state index >= 15 is 0 Å². The Bertz CT molecular complexity index is 2720. The lowest BCUT2D eigenvalue weighted by atomic mass is 9.90. The van der Waals surface area contributed by atoms with Gasteiger partial charge in [0.2, 0.25) is 0 Å². The number of hydrogen-bond acceptors (Lipinski definition) is 4. The van der Waals surface area contributed by atoms with Gasteiger partial charge in [-0.05, 0) is 114 Å². The molecule has 2 heterocycles. The van der Waals surface area contributed by atoms with E-state index in [-0.39, 0.29) is 24.4 Å². The second kappa shape index (κ2) is 14.5. The highest BCUT2D eigenvalue weighted by molar-refractivity contribution is 5.89. The second-order valence-electron chi connectivity index (χ2n) is 15.6. The summed E-state index contributed by atoms with van der Waals surface area (Å²) in [5.41, 5.74) is 14.6. The highest BCUT2D eigenvalue weighted by Gasteiger charge is 2.30. The molecule has 0 fully saturated rings. The van der Waals surface area contributed by atoms with Gasteiger partial charge in [0.05, 0.1) is 12.1 Å². The normalized spacial score (nSPS) is 18.5. The highest BCUT2D eigenvalue weighted by atomic mass is 15.2. The van der Waals surface area contributed by atoms with Crippen LogP contribution < -0.4 is 21.3 Å². The van der Waals surface area contributed by atoms with Crippen LogP contribution in [0.3, 0.4) is 0 Å². The van der Waals surface area contributed by atoms with Crippen LogP contribution in [0.2, 0.25) is 0 Å². The molecule has 4 unspecified atom stereocenters. The summed E-state index contributed by atoms with van der Waals surface area (Å²) in [6, 6.07) is 75.0. The summed E-state index contributed by atoms with van der Waals surface area (Å²) < 4.78 is 0. The second-order valence-corrected chi connectivity index (χ2v) is 15.6. The SMILES string of the molecule is c1ccc(-c2ccc3ccc(C4NC(c5ccc(C6Nc7ccccc7C(c7ccc8ccc(-c9ccccc9)cc8c7)N6)cc5)Nc5ccccc54)cc3c2)cc1. The first-order valence-corrected chi connectivity index (χ1v) is 20.2. The van der Waals surface area contributed by atoms with Gasteiger partial charge in [0.15, 0.2) is 0 Å². The molecule has 4 N–H and O–H groups in total. The van der Waals surface area contributed by atoms with Crippen molar-refractivity contribution in [2.45, 2.75) is 24.4 Å². The van der Waals surface area contributed by atoms with Gasteiger partial charge in [-0.1, -0.05) is 170 Å². The minimum absolute atomic E-state index is 0.0246. The number of benzene rings is 9. The van der Waals surface area contributed by atoms with E-state index in [1.54, 1.807) is 0 Å². The van der Waals surface area contributed by atoms with Gasteiger partial charge < -0.3 is 10.6 Å². The first kappa shape index (κ1) is 34.3. The number of rotatable bonds is 6. The van der Waals surface area contributed by atoms with Crippen molar-refractivity contribution >= 4 is 32.9 Å². The van der Waals surface area contributed by atoms with Crippen LogP contribution in [0.15, 0.2) is 206 Å². The molecule has 0 aliphatic carbocycles. The van der Waals surface area contributed by atoms with Crippen LogP contribution in [0, 0.1) is 0 Å². The summed E-state index contributed by atoms with van der Waals surface area (Å²) in [4.78, 5) is 0. The standard InChI is InChI=1S/C54H42N4/c1-3-11-35(12-4-1)41-27-19-37-21-29-43(33-45(37)31-41)51-47-15-7-9-17-49(47)55-53(57-51)39-23-25-40(26-24-39)54-56-50-18-10-8-16-48(50)52(58-54)44-30-22-38-20-28-42(32-46(38)34-44)36-13-5-2-6-14-36/h1-34,51-58H. The Morgan fingerprint density at radius 1 is 0.276 bits per heavy atom. The van der Waals surface area contributed by atoms with Crippen molar-refractivity contribution in [2.24, 2.45) is 0 Å². The minimum atomic E-state index is -0.0700. The monoisotopic (exact) mass is 746 g/mol. The van der Waals surface area contributed by atoms with Gasteiger partial charge in [0.1, 0.15) is 12.3 Å². The van der Waals surface area contributed by atoms with Gasteiger partial charge in [-0.3, -0.25) is 10.6 Å². The minimum Gasteiger partial charge on any atom is -0.366 e. The van der Waals surface area contributed by atoms with Crippen molar-refractivity contribution in [3.05, 3.63) is 240 Å². The van der Waals surface area contributed by atoms with E-state index in [0.717, 1.165) is 11.4 Å². The molecule has 0 saturated carbocycles. The van der Waals surface area contributed by atoms with Crippen molar-refractivity contribution in [2.75, 3.05) is 10.6 Å². The topological polar surface area (TPSA) is 48.1 Å². The first-order valence-electron chi connectivity index (χ1n) is 20.2. The molecule has 0 radical (unpaired) electrons. The summed E-state index contributed by atoms with van der Waals surface area (Å²) in [6.45, 7) is 0. The Hall–Kier alpha value is -6.98. The lowest BCUT2D eigenvalue weighted by Crippen LogP contribution is -2.38. The molecule has 4 heteroatoms. The van der Waals surface area contributed by atoms with Crippen LogP contribution in [0.4, 0.5) is 11.4 Å². The van der Waals surface area contributed by atoms with Crippen LogP contribution in [0.5, 0.6) is 0 Å². The molecule has 0 aromatic heterocycles. The molecule has 11 rings (SSSR count). The van der Waals surface area contributed by atoms with Crippen molar-refractivity contribution in [3.63, 3.8) is 0 Å². The number of fused-ring (bicyclic) bond motifs is 4. The van der Waals surface area contributed by atoms with Crippen LogP contribution in [-0.4, -0.2) is 0 Å². The Morgan fingerprint density at radius 3 is 1.10 bits per heavy atom. The van der Waals surface area contributed by atoms with Gasteiger partial charge in [-0.25, -0.2) is 0 Å². The molecule has 58 heavy (non-hydrogen) atoms. The molecule has 0 spiro atoms. The van der Waals surface area contributed by atoms with E-state index in [0.29, 0.717) is 0 Å². The summed E-state index contributed by atoms with van der Waals surface area (Å²) >= 11 is 0. The fraction of sp³-hybridized carbons (Fsp3) is 0.0741. The molecule has 9 aromatic carbocycles. The maximum absolute atomic E-state index is 3.98. The van der Waals surface area contributed by atoms with Crippen LogP contribution in [0.1, 0.15) is 57.8 Å². The fourth-order valence-electron chi connectivity index (χ4n) is 8.97. The smallest absolute Gasteiger partial charge is 0.104 e. The largest absolute Gasteiger partial charge is 0.366 e. The van der Waals surface area contributed by atoms with E-state index in [9.17, 15) is 0 Å². The summed E-state index contributed by atoms with van der Waals surface area (Å²) in [5, 5.41) is 20.5. The van der Waals surface area contributed by atoms with Crippen molar-refractivity contribution < 1.29 is 0 Å². The molecule has 278 valence electrons. The number of anilines is 2. The maximum atomic E-state index is 3.98. The highest BCUT2D eigenvalue weighted by Crippen LogP contribution is 2.40. The van der Waals surface area contributed by atoms with E-state index in [4.69, 9.17) is 0 Å². The third-order valence-corrected chi connectivity index (χ3v) is 12.0. The van der Waals surface area contributed by atoms with Gasteiger partial charge >= 0.3 is 0 Å². The average Bonchev–Trinajstić information content (AvgIpc) is 3.30. The average molecular weight is 747 g/mol. The maximum Gasteiger partial charge on any atom is 0.104 e. The van der Waals surface area contributed by atoms with Crippen LogP contribution in [0.25, 0.3) is 43.8 Å². The summed E-state index contributed by atoms with van der Waals surface area (Å²) in [6.07, 6.45) is -0.140. The Labute approximate surface area is 339 Å². The van der Waals surface area contributed by atoms with Crippen LogP contribution in [-0.2, 0) is 0 Å². The molecule has 0 saturated heterocycles. The third-order valence-electron chi connectivity index (χ3n) is 12.0. The lowest BCUT2D eigenvalue weighted by molar-refractivity contribution is 0.501. The molecule has 0 amide bonds. The van der Waals surface area contributed by atoms with Crippen molar-refractivity contribution in [1.29, 1.82) is 0 Å². The quantitative estimate of drug-likeness (QED) is 0.137. The molecule has 2 aliphatic rings. The molecule has 4 nitrogen and oxygen atoms in total. The zero-order chi connectivity index (χ0) is 38.4. The molecule has 9 aromatic rings. The van der Waals surface area contributed by atoms with Gasteiger partial charge in [-0.2, -0.15) is 0 Å². The lowest BCUT2D eigenvalue weighted by Gasteiger charge is -2.36. The molecular formula is C54H42N4. The van der Waals surface area contributed by atoms with E-state index in [1.807, 2.05) is 0 Å². The summed E-state index contributed by atoms with van der Waals surface area (Å²) in [5.74, 6) is 0. The molecular weight excluding hydrogens is 705 g/mol. The molecule has 0 bridgehead atoms. The van der Waals surface area contributed by atoms with Gasteiger partial charge in [0, 0.05) is 11.4 Å². The Morgan fingerprint density at radius 2 is 0.655 bits per heavy atom. The van der Waals surface area contributed by atoms with Gasteiger partial charge in [-0.15, -0.1) is 0 Å². The zero-order valence-corrected chi connectivity index (χ0v) is 31.9. The third kappa shape index (κ3) is 6.39. The molecule has 2 aliphatic heterocycles. The number of nitrogens with one attached hydrogen (secondary N) is 4. The summed E-state index contributed by atoms with van der Waals surface area (Å²) in [7, 11) is 0. The Balaban J connectivity index is 0.881. The predicted octanol–water partition coefficient (Wildman–Crippen LogP) is 12.9. The van der Waals surface area contributed by atoms with Crippen molar-refractivity contribution in [3.8, 4) is 22.3 Å².